The molecule has 0 aliphatic rings. The summed E-state index contributed by atoms with van der Waals surface area (Å²) >= 11 is 0. The van der Waals surface area contributed by atoms with Crippen molar-refractivity contribution in [3.8, 4) is 17.0 Å². The summed E-state index contributed by atoms with van der Waals surface area (Å²) in [6.07, 6.45) is 1.71. The van der Waals surface area contributed by atoms with E-state index >= 15 is 0 Å². The first-order valence-electron chi connectivity index (χ1n) is 5.40. The highest BCUT2D eigenvalue weighted by Gasteiger charge is 2.16. The summed E-state index contributed by atoms with van der Waals surface area (Å²) < 4.78 is 1.59. The fraction of sp³-hybridized carbons (Fsp3) is 0. The third-order valence-electron chi connectivity index (χ3n) is 2.75. The summed E-state index contributed by atoms with van der Waals surface area (Å²) in [7, 11) is 0. The zero-order valence-electron chi connectivity index (χ0n) is 9.32. The number of benzene rings is 1. The van der Waals surface area contributed by atoms with E-state index in [1.54, 1.807) is 47.0 Å². The third kappa shape index (κ3) is 1.45. The molecule has 2 aromatic heterocycles. The highest BCUT2D eigenvalue weighted by molar-refractivity contribution is 5.78. The van der Waals surface area contributed by atoms with Gasteiger partial charge >= 0.3 is 0 Å². The van der Waals surface area contributed by atoms with Gasteiger partial charge in [0.1, 0.15) is 17.1 Å². The fourth-order valence-corrected chi connectivity index (χ4v) is 1.92. The molecule has 5 nitrogen and oxygen atoms in total. The van der Waals surface area contributed by atoms with E-state index in [-0.39, 0.29) is 11.6 Å². The molecule has 0 bridgehead atoms. The van der Waals surface area contributed by atoms with Crippen LogP contribution in [0.3, 0.4) is 0 Å². The van der Waals surface area contributed by atoms with Gasteiger partial charge in [0.15, 0.2) is 0 Å². The molecular formula is C13H9N3O2. The number of hydrogen-bond acceptors (Lipinski definition) is 4. The van der Waals surface area contributed by atoms with Crippen LogP contribution in [0.1, 0.15) is 0 Å². The quantitative estimate of drug-likeness (QED) is 0.698. The molecule has 3 aromatic rings. The second-order valence-corrected chi connectivity index (χ2v) is 3.82. The van der Waals surface area contributed by atoms with Gasteiger partial charge in [0, 0.05) is 11.8 Å². The van der Waals surface area contributed by atoms with Crippen molar-refractivity contribution < 1.29 is 5.11 Å². The molecule has 0 aliphatic carbocycles. The summed E-state index contributed by atoms with van der Waals surface area (Å²) in [4.78, 5) is 15.3. The van der Waals surface area contributed by atoms with E-state index < -0.39 is 0 Å². The summed E-state index contributed by atoms with van der Waals surface area (Å²) in [6.45, 7) is 0. The number of pyridine rings is 1. The maximum absolute atomic E-state index is 11.0. The van der Waals surface area contributed by atoms with E-state index in [4.69, 9.17) is 0 Å². The Labute approximate surface area is 102 Å². The van der Waals surface area contributed by atoms with Crippen LogP contribution in [0, 0.1) is 4.91 Å². The van der Waals surface area contributed by atoms with Crippen LogP contribution in [-0.2, 0) is 0 Å². The summed E-state index contributed by atoms with van der Waals surface area (Å²) in [5, 5.41) is 12.8. The number of fused-ring (bicyclic) bond motifs is 1. The van der Waals surface area contributed by atoms with Gasteiger partial charge < -0.3 is 5.11 Å². The molecule has 0 amide bonds. The molecule has 0 aliphatic heterocycles. The van der Waals surface area contributed by atoms with Crippen LogP contribution in [-0.4, -0.2) is 14.5 Å². The van der Waals surface area contributed by atoms with E-state index in [1.807, 2.05) is 6.07 Å². The van der Waals surface area contributed by atoms with Crippen molar-refractivity contribution in [2.75, 3.05) is 0 Å². The van der Waals surface area contributed by atoms with Crippen molar-refractivity contribution in [2.45, 2.75) is 0 Å². The van der Waals surface area contributed by atoms with Gasteiger partial charge in [-0.1, -0.05) is 18.2 Å². The lowest BCUT2D eigenvalue weighted by Crippen LogP contribution is -1.81. The van der Waals surface area contributed by atoms with Gasteiger partial charge in [-0.15, -0.1) is 4.91 Å². The van der Waals surface area contributed by atoms with Gasteiger partial charge in [-0.25, -0.2) is 4.98 Å². The third-order valence-corrected chi connectivity index (χ3v) is 2.75. The Morgan fingerprint density at radius 1 is 1.11 bits per heavy atom. The molecule has 0 saturated carbocycles. The van der Waals surface area contributed by atoms with Crippen LogP contribution in [0.5, 0.6) is 5.75 Å². The molecule has 1 aromatic carbocycles. The van der Waals surface area contributed by atoms with E-state index in [1.165, 1.54) is 0 Å². The Hall–Kier alpha value is -2.69. The van der Waals surface area contributed by atoms with Gasteiger partial charge in [-0.3, -0.25) is 4.40 Å². The predicted molar refractivity (Wildman–Crippen MR) is 67.7 cm³/mol. The molecule has 0 fully saturated rings. The number of para-hydroxylation sites is 1. The highest BCUT2D eigenvalue weighted by atomic mass is 16.3. The Bertz CT molecular complexity index is 734. The molecule has 0 atom stereocenters. The van der Waals surface area contributed by atoms with E-state index in [2.05, 4.69) is 10.2 Å². The lowest BCUT2D eigenvalue weighted by Gasteiger charge is -2.00. The zero-order chi connectivity index (χ0) is 12.5. The van der Waals surface area contributed by atoms with Crippen LogP contribution in [0.15, 0.2) is 53.8 Å². The number of nitroso groups, excluding NO2 is 1. The Balaban J connectivity index is 2.36. The number of phenols is 1. The molecule has 88 valence electrons. The molecule has 3 rings (SSSR count). The van der Waals surface area contributed by atoms with Crippen LogP contribution in [0.25, 0.3) is 16.9 Å². The first-order valence-corrected chi connectivity index (χ1v) is 5.40. The van der Waals surface area contributed by atoms with Crippen LogP contribution < -0.4 is 0 Å². The highest BCUT2D eigenvalue weighted by Crippen LogP contribution is 2.35. The second kappa shape index (κ2) is 3.96. The number of rotatable bonds is 2. The van der Waals surface area contributed by atoms with Crippen LogP contribution >= 0.6 is 0 Å². The van der Waals surface area contributed by atoms with Gasteiger partial charge in [-0.2, -0.15) is 0 Å². The number of nitrogens with zero attached hydrogens (tertiary/aromatic N) is 3. The molecule has 0 saturated heterocycles. The first kappa shape index (κ1) is 10.5. The van der Waals surface area contributed by atoms with E-state index in [9.17, 15) is 10.0 Å². The van der Waals surface area contributed by atoms with Crippen molar-refractivity contribution in [2.24, 2.45) is 5.18 Å². The van der Waals surface area contributed by atoms with E-state index in [0.717, 1.165) is 0 Å². The average molecular weight is 239 g/mol. The molecule has 1 N–H and O–H groups in total. The second-order valence-electron chi connectivity index (χ2n) is 3.82. The topological polar surface area (TPSA) is 67.0 Å². The van der Waals surface area contributed by atoms with Crippen molar-refractivity contribution in [3.63, 3.8) is 0 Å². The normalized spacial score (nSPS) is 10.7. The minimum Gasteiger partial charge on any atom is -0.507 e. The van der Waals surface area contributed by atoms with Gasteiger partial charge in [-0.05, 0) is 29.4 Å². The minimum atomic E-state index is 0.0748. The van der Waals surface area contributed by atoms with Crippen LogP contribution in [0.2, 0.25) is 0 Å². The summed E-state index contributed by atoms with van der Waals surface area (Å²) in [5.41, 5.74) is 1.50. The van der Waals surface area contributed by atoms with Gasteiger partial charge in [0.2, 0.25) is 5.82 Å². The SMILES string of the molecule is O=Nc1c(-c2ccccc2O)nc2ccccn12. The maximum atomic E-state index is 11.0. The number of imidazole rings is 1. The lowest BCUT2D eigenvalue weighted by atomic mass is 10.1. The monoisotopic (exact) mass is 239 g/mol. The van der Waals surface area contributed by atoms with Crippen molar-refractivity contribution in [3.05, 3.63) is 53.6 Å². The fourth-order valence-electron chi connectivity index (χ4n) is 1.92. The standard InChI is InChI=1S/C13H9N3O2/c17-10-6-2-1-5-9(10)12-13(15-18)16-8-4-3-7-11(16)14-12/h1-8,17H. The first-order chi connectivity index (χ1) is 8.81. The smallest absolute Gasteiger partial charge is 0.209 e. The number of aromatic hydroxyl groups is 1. The van der Waals surface area contributed by atoms with Crippen LogP contribution in [0.4, 0.5) is 5.82 Å². The molecule has 0 spiro atoms. The molecule has 18 heavy (non-hydrogen) atoms. The van der Waals surface area contributed by atoms with Gasteiger partial charge in [0.25, 0.3) is 0 Å². The molecule has 5 heteroatoms. The van der Waals surface area contributed by atoms with Crippen molar-refractivity contribution in [1.82, 2.24) is 9.38 Å². The van der Waals surface area contributed by atoms with E-state index in [0.29, 0.717) is 16.9 Å². The Morgan fingerprint density at radius 2 is 1.89 bits per heavy atom. The zero-order valence-corrected chi connectivity index (χ0v) is 9.32. The molecule has 2 heterocycles. The number of aromatic nitrogens is 2. The van der Waals surface area contributed by atoms with Gasteiger partial charge in [0.05, 0.1) is 0 Å². The Morgan fingerprint density at radius 3 is 2.67 bits per heavy atom. The largest absolute Gasteiger partial charge is 0.507 e. The van der Waals surface area contributed by atoms with Crippen molar-refractivity contribution in [1.29, 1.82) is 0 Å². The average Bonchev–Trinajstić information content (AvgIpc) is 2.77. The van der Waals surface area contributed by atoms with Crippen molar-refractivity contribution >= 4 is 11.5 Å². The minimum absolute atomic E-state index is 0.0748. The Kier molecular flexibility index (Phi) is 2.30. The predicted octanol–water partition coefficient (Wildman–Crippen LogP) is 3.10. The lowest BCUT2D eigenvalue weighted by molar-refractivity contribution is 0.477. The maximum Gasteiger partial charge on any atom is 0.209 e. The molecule has 0 unspecified atom stereocenters. The molecule has 0 radical (unpaired) electrons. The number of hydrogen-bond donors (Lipinski definition) is 1. The molecular weight excluding hydrogens is 230 g/mol. The summed E-state index contributed by atoms with van der Waals surface area (Å²) in [5.74, 6) is 0.262. The summed E-state index contributed by atoms with van der Waals surface area (Å²) in [6, 6.07) is 12.1. The number of phenolic OH excluding ortho intramolecular Hbond substituents is 1.